The van der Waals surface area contributed by atoms with Crippen LogP contribution in [0.15, 0.2) is 23.6 Å². The molecule has 0 spiro atoms. The molecule has 0 atom stereocenters. The van der Waals surface area contributed by atoms with Gasteiger partial charge in [0.25, 0.3) is 0 Å². The van der Waals surface area contributed by atoms with Crippen molar-refractivity contribution in [2.24, 2.45) is 5.41 Å². The minimum Gasteiger partial charge on any atom is -0.144 e. The zero-order chi connectivity index (χ0) is 8.32. The van der Waals surface area contributed by atoms with Crippen LogP contribution in [0.25, 0.3) is 6.08 Å². The molecule has 0 aliphatic heterocycles. The van der Waals surface area contributed by atoms with Crippen molar-refractivity contribution in [1.82, 2.24) is 0 Å². The molecule has 0 nitrogen and oxygen atoms in total. The highest BCUT2D eigenvalue weighted by molar-refractivity contribution is 7.10. The summed E-state index contributed by atoms with van der Waals surface area (Å²) in [5.74, 6) is 0. The predicted octanol–water partition coefficient (Wildman–Crippen LogP) is 3.81. The third-order valence-electron chi connectivity index (χ3n) is 1.29. The Kier molecular flexibility index (Phi) is 2.50. The molecule has 11 heavy (non-hydrogen) atoms. The summed E-state index contributed by atoms with van der Waals surface area (Å²) in [6.45, 7) is 6.62. The van der Waals surface area contributed by atoms with E-state index in [0.717, 1.165) is 0 Å². The highest BCUT2D eigenvalue weighted by Gasteiger charge is 2.02. The summed E-state index contributed by atoms with van der Waals surface area (Å²) in [6, 6.07) is 4.21. The molecule has 0 bridgehead atoms. The maximum absolute atomic E-state index is 2.23. The minimum atomic E-state index is 0.296. The summed E-state index contributed by atoms with van der Waals surface area (Å²) in [6.07, 6.45) is 4.42. The Bertz CT molecular complexity index is 224. The fraction of sp³-hybridized carbons (Fsp3) is 0.400. The van der Waals surface area contributed by atoms with Crippen molar-refractivity contribution in [1.29, 1.82) is 0 Å². The van der Waals surface area contributed by atoms with Crippen LogP contribution in [0.2, 0.25) is 0 Å². The van der Waals surface area contributed by atoms with E-state index in [1.165, 1.54) is 4.88 Å². The van der Waals surface area contributed by atoms with Crippen LogP contribution < -0.4 is 0 Å². The van der Waals surface area contributed by atoms with Crippen LogP contribution in [0, 0.1) is 5.41 Å². The largest absolute Gasteiger partial charge is 0.144 e. The normalized spacial score (nSPS) is 12.6. The lowest BCUT2D eigenvalue weighted by Crippen LogP contribution is -1.97. The predicted molar refractivity (Wildman–Crippen MR) is 52.8 cm³/mol. The highest BCUT2D eigenvalue weighted by Crippen LogP contribution is 2.18. The van der Waals surface area contributed by atoms with Crippen molar-refractivity contribution in [3.05, 3.63) is 28.5 Å². The summed E-state index contributed by atoms with van der Waals surface area (Å²) >= 11 is 1.78. The first-order valence-corrected chi connectivity index (χ1v) is 4.69. The number of allylic oxidation sites excluding steroid dienone is 1. The van der Waals surface area contributed by atoms with E-state index in [2.05, 4.69) is 50.4 Å². The lowest BCUT2D eigenvalue weighted by molar-refractivity contribution is 0.547. The van der Waals surface area contributed by atoms with Crippen molar-refractivity contribution < 1.29 is 0 Å². The van der Waals surface area contributed by atoms with Gasteiger partial charge in [0, 0.05) is 4.88 Å². The molecular weight excluding hydrogens is 152 g/mol. The van der Waals surface area contributed by atoms with Crippen molar-refractivity contribution in [3.8, 4) is 0 Å². The van der Waals surface area contributed by atoms with Gasteiger partial charge in [-0.3, -0.25) is 0 Å². The molecule has 1 heterocycles. The van der Waals surface area contributed by atoms with Crippen LogP contribution >= 0.6 is 11.3 Å². The van der Waals surface area contributed by atoms with Gasteiger partial charge in [-0.15, -0.1) is 11.3 Å². The molecular formula is C10H14S. The molecule has 1 heteroatoms. The highest BCUT2D eigenvalue weighted by atomic mass is 32.1. The van der Waals surface area contributed by atoms with Gasteiger partial charge in [0.2, 0.25) is 0 Å². The first-order chi connectivity index (χ1) is 5.08. The lowest BCUT2D eigenvalue weighted by Gasteiger charge is -2.10. The minimum absolute atomic E-state index is 0.296. The van der Waals surface area contributed by atoms with Crippen LogP contribution in [-0.2, 0) is 0 Å². The van der Waals surface area contributed by atoms with E-state index in [-0.39, 0.29) is 0 Å². The third-order valence-corrected chi connectivity index (χ3v) is 2.13. The zero-order valence-corrected chi connectivity index (χ0v) is 8.11. The maximum Gasteiger partial charge on any atom is 0.0267 e. The van der Waals surface area contributed by atoms with E-state index in [1.807, 2.05) is 0 Å². The van der Waals surface area contributed by atoms with Gasteiger partial charge in [0.1, 0.15) is 0 Å². The Hall–Kier alpha value is -0.560. The lowest BCUT2D eigenvalue weighted by atomic mass is 9.96. The van der Waals surface area contributed by atoms with Crippen molar-refractivity contribution in [2.75, 3.05) is 0 Å². The molecule has 0 saturated heterocycles. The second-order valence-electron chi connectivity index (χ2n) is 3.71. The molecule has 0 aliphatic carbocycles. The van der Waals surface area contributed by atoms with Crippen LogP contribution in [0.5, 0.6) is 0 Å². The first kappa shape index (κ1) is 8.54. The Morgan fingerprint density at radius 2 is 2.09 bits per heavy atom. The van der Waals surface area contributed by atoms with Crippen LogP contribution in [0.1, 0.15) is 25.6 Å². The van der Waals surface area contributed by atoms with Gasteiger partial charge in [0.15, 0.2) is 0 Å². The molecule has 0 fully saturated rings. The van der Waals surface area contributed by atoms with E-state index in [1.54, 1.807) is 11.3 Å². The van der Waals surface area contributed by atoms with E-state index < -0.39 is 0 Å². The van der Waals surface area contributed by atoms with Gasteiger partial charge < -0.3 is 0 Å². The van der Waals surface area contributed by atoms with E-state index in [0.29, 0.717) is 5.41 Å². The van der Waals surface area contributed by atoms with Gasteiger partial charge in [-0.25, -0.2) is 0 Å². The molecule has 60 valence electrons. The van der Waals surface area contributed by atoms with Crippen molar-refractivity contribution in [2.45, 2.75) is 20.8 Å². The number of hydrogen-bond acceptors (Lipinski definition) is 1. The second kappa shape index (κ2) is 3.22. The Morgan fingerprint density at radius 1 is 1.36 bits per heavy atom. The fourth-order valence-corrected chi connectivity index (χ4v) is 1.34. The van der Waals surface area contributed by atoms with Gasteiger partial charge in [-0.1, -0.05) is 32.9 Å². The molecule has 0 saturated carbocycles. The number of hydrogen-bond donors (Lipinski definition) is 0. The number of thiophene rings is 1. The maximum atomic E-state index is 2.23. The summed E-state index contributed by atoms with van der Waals surface area (Å²) in [5.41, 5.74) is 0.296. The molecule has 0 N–H and O–H groups in total. The van der Waals surface area contributed by atoms with Gasteiger partial charge >= 0.3 is 0 Å². The van der Waals surface area contributed by atoms with Gasteiger partial charge in [-0.2, -0.15) is 0 Å². The zero-order valence-electron chi connectivity index (χ0n) is 7.29. The van der Waals surface area contributed by atoms with Crippen molar-refractivity contribution >= 4 is 17.4 Å². The fourth-order valence-electron chi connectivity index (χ4n) is 0.718. The first-order valence-electron chi connectivity index (χ1n) is 3.81. The molecule has 0 unspecified atom stereocenters. The van der Waals surface area contributed by atoms with E-state index in [4.69, 9.17) is 0 Å². The quantitative estimate of drug-likeness (QED) is 0.595. The molecule has 1 aromatic rings. The molecule has 1 aromatic heterocycles. The third kappa shape index (κ3) is 3.38. The molecule has 0 aromatic carbocycles. The number of rotatable bonds is 1. The standard InChI is InChI=1S/C10H14S/c1-10(2,3)7-6-9-5-4-8-11-9/h4-8H,1-3H3/b7-6+. The van der Waals surface area contributed by atoms with Gasteiger partial charge in [0.05, 0.1) is 0 Å². The Balaban J connectivity index is 2.63. The smallest absolute Gasteiger partial charge is 0.0267 e. The Labute approximate surface area is 72.6 Å². The average molecular weight is 166 g/mol. The summed E-state index contributed by atoms with van der Waals surface area (Å²) < 4.78 is 0. The van der Waals surface area contributed by atoms with Crippen molar-refractivity contribution in [3.63, 3.8) is 0 Å². The second-order valence-corrected chi connectivity index (χ2v) is 4.69. The van der Waals surface area contributed by atoms with Crippen LogP contribution in [0.3, 0.4) is 0 Å². The molecule has 0 radical (unpaired) electrons. The summed E-state index contributed by atoms with van der Waals surface area (Å²) in [5, 5.41) is 2.10. The SMILES string of the molecule is CC(C)(C)/C=C/c1cccs1. The molecule has 1 rings (SSSR count). The Morgan fingerprint density at radius 3 is 2.55 bits per heavy atom. The van der Waals surface area contributed by atoms with Crippen LogP contribution in [-0.4, -0.2) is 0 Å². The topological polar surface area (TPSA) is 0 Å². The van der Waals surface area contributed by atoms with E-state index in [9.17, 15) is 0 Å². The van der Waals surface area contributed by atoms with E-state index >= 15 is 0 Å². The summed E-state index contributed by atoms with van der Waals surface area (Å²) in [4.78, 5) is 1.33. The molecule has 0 amide bonds. The van der Waals surface area contributed by atoms with Crippen LogP contribution in [0.4, 0.5) is 0 Å². The average Bonchev–Trinajstić information content (AvgIpc) is 2.32. The molecule has 0 aliphatic rings. The summed E-state index contributed by atoms with van der Waals surface area (Å²) in [7, 11) is 0. The monoisotopic (exact) mass is 166 g/mol. The van der Waals surface area contributed by atoms with Gasteiger partial charge in [-0.05, 0) is 22.9 Å².